The third-order valence-electron chi connectivity index (χ3n) is 4.38. The molecule has 0 fully saturated rings. The van der Waals surface area contributed by atoms with Crippen LogP contribution in [0.3, 0.4) is 0 Å². The largest absolute Gasteiger partial charge is 0.454 e. The van der Waals surface area contributed by atoms with Crippen LogP contribution in [0.25, 0.3) is 0 Å². The number of halogens is 1. The maximum atomic E-state index is 12.3. The number of nitrogens with one attached hydrogen (secondary N) is 1. The van der Waals surface area contributed by atoms with Crippen LogP contribution in [0.2, 0.25) is 5.02 Å². The molecule has 0 unspecified atom stereocenters. The van der Waals surface area contributed by atoms with Gasteiger partial charge in [0.15, 0.2) is 11.5 Å². The molecule has 1 aliphatic carbocycles. The number of benzene rings is 1. The first-order valence-electron chi connectivity index (χ1n) is 8.14. The molecular weight excluding hydrogens is 360 g/mol. The van der Waals surface area contributed by atoms with Crippen LogP contribution in [0, 0.1) is 5.92 Å². The van der Waals surface area contributed by atoms with Gasteiger partial charge in [-0.2, -0.15) is 5.10 Å². The summed E-state index contributed by atoms with van der Waals surface area (Å²) >= 11 is 7.70. The SMILES string of the molecule is C[C@@H]1CCc2sc(C(=O)N/N=C\c3cc(Cl)c4c(c3)OCO4)cc2C1. The summed E-state index contributed by atoms with van der Waals surface area (Å²) in [5.41, 5.74) is 4.62. The van der Waals surface area contributed by atoms with Crippen LogP contribution in [0.4, 0.5) is 0 Å². The molecule has 0 radical (unpaired) electrons. The quantitative estimate of drug-likeness (QED) is 0.650. The number of hydrogen-bond acceptors (Lipinski definition) is 5. The molecule has 7 heteroatoms. The number of hydrazone groups is 1. The Kier molecular flexibility index (Phi) is 4.39. The van der Waals surface area contributed by atoms with Crippen LogP contribution in [-0.2, 0) is 12.8 Å². The minimum Gasteiger partial charge on any atom is -0.454 e. The molecule has 0 bridgehead atoms. The highest BCUT2D eigenvalue weighted by atomic mass is 35.5. The van der Waals surface area contributed by atoms with Gasteiger partial charge in [-0.05, 0) is 54.5 Å². The molecule has 2 aliphatic rings. The van der Waals surface area contributed by atoms with Gasteiger partial charge in [0.1, 0.15) is 0 Å². The summed E-state index contributed by atoms with van der Waals surface area (Å²) in [4.78, 5) is 14.3. The van der Waals surface area contributed by atoms with E-state index in [0.29, 0.717) is 27.3 Å². The molecule has 1 aromatic heterocycles. The van der Waals surface area contributed by atoms with Crippen molar-refractivity contribution in [2.24, 2.45) is 11.0 Å². The lowest BCUT2D eigenvalue weighted by molar-refractivity contribution is 0.0959. The Bertz CT molecular complexity index is 862. The number of nitrogens with zero attached hydrogens (tertiary/aromatic N) is 1. The van der Waals surface area contributed by atoms with Gasteiger partial charge in [-0.1, -0.05) is 18.5 Å². The van der Waals surface area contributed by atoms with Crippen molar-refractivity contribution in [3.63, 3.8) is 0 Å². The Labute approximate surface area is 154 Å². The van der Waals surface area contributed by atoms with E-state index in [1.807, 2.05) is 6.07 Å². The third kappa shape index (κ3) is 3.37. The molecule has 2 heterocycles. The van der Waals surface area contributed by atoms with Crippen LogP contribution < -0.4 is 14.9 Å². The average Bonchev–Trinajstić information content (AvgIpc) is 3.21. The van der Waals surface area contributed by atoms with E-state index in [2.05, 4.69) is 17.5 Å². The maximum Gasteiger partial charge on any atom is 0.281 e. The smallest absolute Gasteiger partial charge is 0.281 e. The molecule has 0 saturated heterocycles. The number of hydrogen-bond donors (Lipinski definition) is 1. The van der Waals surface area contributed by atoms with Gasteiger partial charge < -0.3 is 9.47 Å². The van der Waals surface area contributed by atoms with E-state index in [1.54, 1.807) is 29.7 Å². The van der Waals surface area contributed by atoms with Crippen LogP contribution in [0.5, 0.6) is 11.5 Å². The topological polar surface area (TPSA) is 59.9 Å². The van der Waals surface area contributed by atoms with Crippen LogP contribution in [-0.4, -0.2) is 18.9 Å². The van der Waals surface area contributed by atoms with Crippen molar-refractivity contribution in [3.8, 4) is 11.5 Å². The Balaban J connectivity index is 1.44. The van der Waals surface area contributed by atoms with Gasteiger partial charge in [0.25, 0.3) is 5.91 Å². The molecule has 5 nitrogen and oxygen atoms in total. The Morgan fingerprint density at radius 2 is 2.28 bits per heavy atom. The number of ether oxygens (including phenoxy) is 2. The predicted molar refractivity (Wildman–Crippen MR) is 98.1 cm³/mol. The predicted octanol–water partition coefficient (Wildman–Crippen LogP) is 4.02. The summed E-state index contributed by atoms with van der Waals surface area (Å²) in [5.74, 6) is 1.63. The van der Waals surface area contributed by atoms with Crippen LogP contribution in [0.1, 0.15) is 39.0 Å². The zero-order valence-electron chi connectivity index (χ0n) is 13.7. The van der Waals surface area contributed by atoms with Crippen LogP contribution >= 0.6 is 22.9 Å². The Hall–Kier alpha value is -2.05. The molecule has 1 aliphatic heterocycles. The summed E-state index contributed by atoms with van der Waals surface area (Å²) < 4.78 is 10.6. The standard InChI is InChI=1S/C18H17ClN2O3S/c1-10-2-3-15-12(4-10)7-16(25-15)18(22)21-20-8-11-5-13(19)17-14(6-11)23-9-24-17/h5-8,10H,2-4,9H2,1H3,(H,21,22)/b20-8-/t10-/m1/s1. The second kappa shape index (κ2) is 6.69. The van der Waals surface area contributed by atoms with Crippen molar-refractivity contribution in [1.29, 1.82) is 0 Å². The fraction of sp³-hybridized carbons (Fsp3) is 0.333. The van der Waals surface area contributed by atoms with Gasteiger partial charge in [-0.3, -0.25) is 4.79 Å². The molecule has 1 aromatic carbocycles. The van der Waals surface area contributed by atoms with Crippen LogP contribution in [0.15, 0.2) is 23.3 Å². The second-order valence-electron chi connectivity index (χ2n) is 6.34. The number of rotatable bonds is 3. The zero-order valence-corrected chi connectivity index (χ0v) is 15.2. The summed E-state index contributed by atoms with van der Waals surface area (Å²) in [7, 11) is 0. The second-order valence-corrected chi connectivity index (χ2v) is 7.89. The molecular formula is C18H17ClN2O3S. The molecule has 0 spiro atoms. The highest BCUT2D eigenvalue weighted by Crippen LogP contribution is 2.39. The fourth-order valence-corrected chi connectivity index (χ4v) is 4.47. The van der Waals surface area contributed by atoms with Crippen molar-refractivity contribution < 1.29 is 14.3 Å². The minimum atomic E-state index is -0.185. The first-order valence-corrected chi connectivity index (χ1v) is 9.33. The first kappa shape index (κ1) is 16.4. The summed E-state index contributed by atoms with van der Waals surface area (Å²) in [6.07, 6.45) is 4.85. The number of fused-ring (bicyclic) bond motifs is 2. The summed E-state index contributed by atoms with van der Waals surface area (Å²) in [5, 5.41) is 4.49. The van der Waals surface area contributed by atoms with Gasteiger partial charge in [-0.25, -0.2) is 5.43 Å². The number of carbonyl (C=O) groups is 1. The van der Waals surface area contributed by atoms with Crippen molar-refractivity contribution in [1.82, 2.24) is 5.43 Å². The third-order valence-corrected chi connectivity index (χ3v) is 5.90. The van der Waals surface area contributed by atoms with Gasteiger partial charge >= 0.3 is 0 Å². The highest BCUT2D eigenvalue weighted by Gasteiger charge is 2.21. The molecule has 1 amide bonds. The van der Waals surface area contributed by atoms with Crippen molar-refractivity contribution in [3.05, 3.63) is 44.1 Å². The first-order chi connectivity index (χ1) is 12.1. The summed E-state index contributed by atoms with van der Waals surface area (Å²) in [6.45, 7) is 2.41. The maximum absolute atomic E-state index is 12.3. The van der Waals surface area contributed by atoms with Crippen molar-refractivity contribution in [2.45, 2.75) is 26.2 Å². The van der Waals surface area contributed by atoms with E-state index in [9.17, 15) is 4.79 Å². The number of aryl methyl sites for hydroxylation is 1. The lowest BCUT2D eigenvalue weighted by Gasteiger charge is -2.16. The van der Waals surface area contributed by atoms with Gasteiger partial charge in [0.2, 0.25) is 6.79 Å². The number of carbonyl (C=O) groups excluding carboxylic acids is 1. The molecule has 1 N–H and O–H groups in total. The van der Waals surface area contributed by atoms with E-state index in [4.69, 9.17) is 21.1 Å². The monoisotopic (exact) mass is 376 g/mol. The van der Waals surface area contributed by atoms with Gasteiger partial charge in [0, 0.05) is 4.88 Å². The van der Waals surface area contributed by atoms with Crippen molar-refractivity contribution >= 4 is 35.1 Å². The molecule has 2 aromatic rings. The number of thiophene rings is 1. The molecule has 4 rings (SSSR count). The Morgan fingerprint density at radius 1 is 1.40 bits per heavy atom. The van der Waals surface area contributed by atoms with E-state index in [0.717, 1.165) is 18.4 Å². The zero-order chi connectivity index (χ0) is 17.4. The summed E-state index contributed by atoms with van der Waals surface area (Å²) in [6, 6.07) is 5.49. The minimum absolute atomic E-state index is 0.161. The number of amides is 1. The normalized spacial score (nSPS) is 18.4. The van der Waals surface area contributed by atoms with Crippen molar-refractivity contribution in [2.75, 3.05) is 6.79 Å². The van der Waals surface area contributed by atoms with E-state index < -0.39 is 0 Å². The van der Waals surface area contributed by atoms with E-state index >= 15 is 0 Å². The molecule has 0 saturated carbocycles. The van der Waals surface area contributed by atoms with Gasteiger partial charge in [0.05, 0.1) is 16.1 Å². The lowest BCUT2D eigenvalue weighted by atomic mass is 9.90. The molecule has 25 heavy (non-hydrogen) atoms. The average molecular weight is 377 g/mol. The Morgan fingerprint density at radius 3 is 3.16 bits per heavy atom. The van der Waals surface area contributed by atoms with E-state index in [-0.39, 0.29) is 12.7 Å². The van der Waals surface area contributed by atoms with Gasteiger partial charge in [-0.15, -0.1) is 11.3 Å². The molecule has 1 atom stereocenters. The lowest BCUT2D eigenvalue weighted by Crippen LogP contribution is -2.16. The molecule has 130 valence electrons. The fourth-order valence-electron chi connectivity index (χ4n) is 3.10. The highest BCUT2D eigenvalue weighted by molar-refractivity contribution is 7.14. The van der Waals surface area contributed by atoms with E-state index in [1.165, 1.54) is 16.9 Å².